The number of carbonyl (C=O) groups excluding carboxylic acids is 1. The van der Waals surface area contributed by atoms with Crippen molar-refractivity contribution in [2.45, 2.75) is 84.2 Å². The van der Waals surface area contributed by atoms with E-state index in [4.69, 9.17) is 16.3 Å². The minimum Gasteiger partial charge on any atom is -0.497 e. The summed E-state index contributed by atoms with van der Waals surface area (Å²) in [6.07, 6.45) is 3.49. The zero-order chi connectivity index (χ0) is 30.3. The Morgan fingerprint density at radius 3 is 2.37 bits per heavy atom. The van der Waals surface area contributed by atoms with Crippen molar-refractivity contribution in [2.75, 3.05) is 20.2 Å². The molecule has 0 saturated carbocycles. The van der Waals surface area contributed by atoms with Crippen molar-refractivity contribution in [1.29, 1.82) is 0 Å². The fraction of sp³-hybridized carbons (Fsp3) is 0.500. The zero-order valence-corrected chi connectivity index (χ0v) is 26.7. The topological polar surface area (TPSA) is 106 Å². The van der Waals surface area contributed by atoms with E-state index in [9.17, 15) is 13.2 Å². The first kappa shape index (κ1) is 31.0. The number of sulfonamides is 1. The van der Waals surface area contributed by atoms with Crippen molar-refractivity contribution in [3.05, 3.63) is 57.2 Å². The standard InChI is InChI=1S/C30H40ClN5O4S/c1-18-19(2)21(4)29(22(5)20(18)3)41(38,39)32-14-12-28(37)35-16-23(11-13-30(35,6)7)36-17-27(33-34-36)25-15-24(40-8)9-10-26(25)31/h9-10,15,17,23,32H,11-14,16H2,1-8H3. The van der Waals surface area contributed by atoms with Gasteiger partial charge in [-0.2, -0.15) is 0 Å². The van der Waals surface area contributed by atoms with Crippen LogP contribution in [0.2, 0.25) is 5.02 Å². The largest absolute Gasteiger partial charge is 0.497 e. The number of hydrogen-bond donors (Lipinski definition) is 1. The SMILES string of the molecule is COc1ccc(Cl)c(-c2cn(C3CCC(C)(C)N(C(=O)CCNS(=O)(=O)c4c(C)c(C)c(C)c(C)c4C)C3)nn2)c1. The lowest BCUT2D eigenvalue weighted by Gasteiger charge is -2.45. The second kappa shape index (κ2) is 11.7. The Bertz CT molecular complexity index is 1550. The van der Waals surface area contributed by atoms with Crippen LogP contribution < -0.4 is 9.46 Å². The van der Waals surface area contributed by atoms with Crippen LogP contribution in [0, 0.1) is 34.6 Å². The third-order valence-electron chi connectivity index (χ3n) is 8.68. The highest BCUT2D eigenvalue weighted by molar-refractivity contribution is 7.89. The molecule has 0 radical (unpaired) electrons. The summed E-state index contributed by atoms with van der Waals surface area (Å²) in [5, 5.41) is 9.24. The molecule has 1 unspecified atom stereocenters. The highest BCUT2D eigenvalue weighted by atomic mass is 35.5. The molecule has 2 aromatic carbocycles. The van der Waals surface area contributed by atoms with E-state index in [2.05, 4.69) is 15.0 Å². The van der Waals surface area contributed by atoms with Gasteiger partial charge in [-0.15, -0.1) is 5.10 Å². The molecule has 4 rings (SSSR count). The first-order valence-corrected chi connectivity index (χ1v) is 15.7. The van der Waals surface area contributed by atoms with E-state index in [1.54, 1.807) is 23.9 Å². The Morgan fingerprint density at radius 2 is 1.73 bits per heavy atom. The quantitative estimate of drug-likeness (QED) is 0.367. The van der Waals surface area contributed by atoms with E-state index in [1.165, 1.54) is 0 Å². The number of benzene rings is 2. The second-order valence-corrected chi connectivity index (χ2v) is 13.7. The van der Waals surface area contributed by atoms with Gasteiger partial charge in [-0.05, 0) is 107 Å². The monoisotopic (exact) mass is 601 g/mol. The van der Waals surface area contributed by atoms with Crippen LogP contribution >= 0.6 is 11.6 Å². The molecule has 222 valence electrons. The highest BCUT2D eigenvalue weighted by Gasteiger charge is 2.38. The fourth-order valence-electron chi connectivity index (χ4n) is 5.63. The van der Waals surface area contributed by atoms with Crippen LogP contribution in [-0.4, -0.2) is 60.0 Å². The highest BCUT2D eigenvalue weighted by Crippen LogP contribution is 2.35. The van der Waals surface area contributed by atoms with Gasteiger partial charge in [0.05, 0.1) is 29.3 Å². The molecule has 0 spiro atoms. The molecule has 1 saturated heterocycles. The van der Waals surface area contributed by atoms with E-state index in [-0.39, 0.29) is 30.5 Å². The predicted octanol–water partition coefficient (Wildman–Crippen LogP) is 5.46. The Morgan fingerprint density at radius 1 is 1.10 bits per heavy atom. The molecule has 0 aliphatic carbocycles. The molecule has 1 N–H and O–H groups in total. The molecule has 2 heterocycles. The number of piperidine rings is 1. The zero-order valence-electron chi connectivity index (χ0n) is 25.1. The van der Waals surface area contributed by atoms with E-state index >= 15 is 0 Å². The van der Waals surface area contributed by atoms with Crippen LogP contribution in [0.1, 0.15) is 67.0 Å². The van der Waals surface area contributed by atoms with Crippen molar-refractivity contribution < 1.29 is 17.9 Å². The molecule has 41 heavy (non-hydrogen) atoms. The summed E-state index contributed by atoms with van der Waals surface area (Å²) in [5.41, 5.74) is 5.49. The Labute approximate surface area is 248 Å². The second-order valence-electron chi connectivity index (χ2n) is 11.5. The van der Waals surface area contributed by atoms with Crippen molar-refractivity contribution in [3.63, 3.8) is 0 Å². The van der Waals surface area contributed by atoms with Gasteiger partial charge in [0, 0.05) is 30.6 Å². The maximum Gasteiger partial charge on any atom is 0.241 e. The first-order valence-electron chi connectivity index (χ1n) is 13.8. The third-order valence-corrected chi connectivity index (χ3v) is 10.7. The minimum atomic E-state index is -3.79. The van der Waals surface area contributed by atoms with Gasteiger partial charge in [0.2, 0.25) is 15.9 Å². The summed E-state index contributed by atoms with van der Waals surface area (Å²) in [7, 11) is -2.19. The lowest BCUT2D eigenvalue weighted by Crippen LogP contribution is -2.54. The number of amides is 1. The van der Waals surface area contributed by atoms with Gasteiger partial charge in [-0.1, -0.05) is 16.8 Å². The Balaban J connectivity index is 1.46. The number of aromatic nitrogens is 3. The molecule has 1 atom stereocenters. The normalized spacial score (nSPS) is 17.1. The van der Waals surface area contributed by atoms with Crippen LogP contribution in [0.15, 0.2) is 29.3 Å². The van der Waals surface area contributed by atoms with Crippen LogP contribution in [0.4, 0.5) is 0 Å². The third kappa shape index (κ3) is 6.15. The van der Waals surface area contributed by atoms with Crippen molar-refractivity contribution in [1.82, 2.24) is 24.6 Å². The number of methoxy groups -OCH3 is 1. The molecule has 0 bridgehead atoms. The molecule has 1 aromatic heterocycles. The number of nitrogens with one attached hydrogen (secondary N) is 1. The summed E-state index contributed by atoms with van der Waals surface area (Å²) in [4.78, 5) is 15.6. The van der Waals surface area contributed by atoms with Crippen molar-refractivity contribution in [3.8, 4) is 17.0 Å². The maximum absolute atomic E-state index is 13.5. The van der Waals surface area contributed by atoms with Gasteiger partial charge in [0.15, 0.2) is 0 Å². The van der Waals surface area contributed by atoms with E-state index in [0.717, 1.165) is 46.2 Å². The molecule has 1 amide bonds. The van der Waals surface area contributed by atoms with Crippen molar-refractivity contribution in [2.24, 2.45) is 0 Å². The molecule has 1 aliphatic heterocycles. The average molecular weight is 602 g/mol. The summed E-state index contributed by atoms with van der Waals surface area (Å²) < 4.78 is 36.4. The summed E-state index contributed by atoms with van der Waals surface area (Å²) in [6, 6.07) is 5.29. The average Bonchev–Trinajstić information content (AvgIpc) is 3.40. The number of ether oxygens (including phenoxy) is 1. The van der Waals surface area contributed by atoms with Crippen LogP contribution in [0.25, 0.3) is 11.3 Å². The van der Waals surface area contributed by atoms with E-state index in [0.29, 0.717) is 27.9 Å². The molecule has 1 aliphatic rings. The lowest BCUT2D eigenvalue weighted by atomic mass is 9.87. The molecule has 9 nitrogen and oxygen atoms in total. The Hall–Kier alpha value is -2.95. The van der Waals surface area contributed by atoms with Crippen LogP contribution in [0.3, 0.4) is 0 Å². The number of halogens is 1. The number of carbonyl (C=O) groups is 1. The number of rotatable bonds is 8. The lowest BCUT2D eigenvalue weighted by molar-refractivity contribution is -0.139. The maximum atomic E-state index is 13.5. The molecule has 11 heteroatoms. The van der Waals surface area contributed by atoms with Gasteiger partial charge < -0.3 is 9.64 Å². The molecule has 3 aromatic rings. The van der Waals surface area contributed by atoms with Gasteiger partial charge >= 0.3 is 0 Å². The first-order chi connectivity index (χ1) is 19.2. The summed E-state index contributed by atoms with van der Waals surface area (Å²) >= 11 is 6.41. The van der Waals surface area contributed by atoms with Gasteiger partial charge in [-0.25, -0.2) is 17.8 Å². The summed E-state index contributed by atoms with van der Waals surface area (Å²) in [6.45, 7) is 14.1. The molecular formula is C30H40ClN5O4S. The fourth-order valence-corrected chi connectivity index (χ4v) is 7.48. The van der Waals surface area contributed by atoms with Crippen molar-refractivity contribution >= 4 is 27.5 Å². The smallest absolute Gasteiger partial charge is 0.241 e. The van der Waals surface area contributed by atoms with Gasteiger partial charge in [0.25, 0.3) is 0 Å². The number of likely N-dealkylation sites (tertiary alicyclic amines) is 1. The number of hydrogen-bond acceptors (Lipinski definition) is 6. The number of nitrogens with zero attached hydrogens (tertiary/aromatic N) is 4. The van der Waals surface area contributed by atoms with Crippen LogP contribution in [-0.2, 0) is 14.8 Å². The minimum absolute atomic E-state index is 0.0189. The predicted molar refractivity (Wildman–Crippen MR) is 161 cm³/mol. The summed E-state index contributed by atoms with van der Waals surface area (Å²) in [5.74, 6) is 0.562. The van der Waals surface area contributed by atoms with Gasteiger partial charge in [-0.3, -0.25) is 4.79 Å². The molecular weight excluding hydrogens is 562 g/mol. The van der Waals surface area contributed by atoms with E-state index < -0.39 is 10.0 Å². The Kier molecular flexibility index (Phi) is 8.87. The molecule has 1 fully saturated rings. The van der Waals surface area contributed by atoms with Crippen LogP contribution in [0.5, 0.6) is 5.75 Å². The van der Waals surface area contributed by atoms with Gasteiger partial charge in [0.1, 0.15) is 11.4 Å². The van der Waals surface area contributed by atoms with E-state index in [1.807, 2.05) is 65.6 Å².